The van der Waals surface area contributed by atoms with Crippen LogP contribution in [-0.4, -0.2) is 27.2 Å². The van der Waals surface area contributed by atoms with Crippen molar-refractivity contribution in [1.82, 2.24) is 0 Å². The number of hydrogen-bond donors (Lipinski definition) is 0. The molecule has 0 bridgehead atoms. The first-order chi connectivity index (χ1) is 10.5. The summed E-state index contributed by atoms with van der Waals surface area (Å²) >= 11 is 0. The molecule has 4 nitrogen and oxygen atoms in total. The average molecular weight is 299 g/mol. The van der Waals surface area contributed by atoms with Gasteiger partial charge in [0.25, 0.3) is 5.91 Å². The molecule has 0 aliphatic carbocycles. The Morgan fingerprint density at radius 1 is 0.955 bits per heavy atom. The second-order valence-electron chi connectivity index (χ2n) is 5.17. The Kier molecular flexibility index (Phi) is 4.71. The molecular formula is C18H21NO3. The Labute approximate surface area is 131 Å². The number of aryl methyl sites for hydroxylation is 2. The Morgan fingerprint density at radius 2 is 1.55 bits per heavy atom. The number of amides is 1. The molecule has 2 aromatic rings. The lowest BCUT2D eigenvalue weighted by Gasteiger charge is -2.21. The summed E-state index contributed by atoms with van der Waals surface area (Å²) in [6, 6.07) is 11.2. The largest absolute Gasteiger partial charge is 0.496 e. The molecule has 0 aliphatic rings. The van der Waals surface area contributed by atoms with E-state index < -0.39 is 0 Å². The smallest absolute Gasteiger partial charge is 0.265 e. The number of carbonyl (C=O) groups is 1. The van der Waals surface area contributed by atoms with Crippen molar-refractivity contribution in [1.29, 1.82) is 0 Å². The van der Waals surface area contributed by atoms with E-state index in [9.17, 15) is 4.79 Å². The lowest BCUT2D eigenvalue weighted by molar-refractivity contribution is 0.0987. The Balaban J connectivity index is 2.45. The zero-order chi connectivity index (χ0) is 16.3. The van der Waals surface area contributed by atoms with Crippen LogP contribution >= 0.6 is 0 Å². The molecule has 0 fully saturated rings. The number of carbonyl (C=O) groups excluding carboxylic acids is 1. The minimum Gasteiger partial charge on any atom is -0.496 e. The van der Waals surface area contributed by atoms with E-state index in [2.05, 4.69) is 0 Å². The minimum atomic E-state index is -0.169. The van der Waals surface area contributed by atoms with Gasteiger partial charge in [0.15, 0.2) is 0 Å². The predicted molar refractivity (Wildman–Crippen MR) is 88.2 cm³/mol. The molecule has 0 spiro atoms. The highest BCUT2D eigenvalue weighted by atomic mass is 16.5. The average Bonchev–Trinajstić information content (AvgIpc) is 2.55. The fourth-order valence-electron chi connectivity index (χ4n) is 2.28. The Bertz CT molecular complexity index is 672. The van der Waals surface area contributed by atoms with E-state index in [-0.39, 0.29) is 5.91 Å². The van der Waals surface area contributed by atoms with Gasteiger partial charge in [-0.05, 0) is 49.2 Å². The highest BCUT2D eigenvalue weighted by Gasteiger charge is 2.22. The Morgan fingerprint density at radius 3 is 2.05 bits per heavy atom. The highest BCUT2D eigenvalue weighted by Crippen LogP contribution is 2.31. The topological polar surface area (TPSA) is 38.8 Å². The van der Waals surface area contributed by atoms with Crippen LogP contribution in [0.1, 0.15) is 21.5 Å². The van der Waals surface area contributed by atoms with Gasteiger partial charge in [0.2, 0.25) is 0 Å². The van der Waals surface area contributed by atoms with Gasteiger partial charge in [0, 0.05) is 12.7 Å². The van der Waals surface area contributed by atoms with Crippen LogP contribution in [0.5, 0.6) is 11.5 Å². The minimum absolute atomic E-state index is 0.169. The maximum absolute atomic E-state index is 12.9. The van der Waals surface area contributed by atoms with Crippen molar-refractivity contribution < 1.29 is 14.3 Å². The fourth-order valence-corrected chi connectivity index (χ4v) is 2.28. The van der Waals surface area contributed by atoms with E-state index in [1.54, 1.807) is 44.4 Å². The summed E-state index contributed by atoms with van der Waals surface area (Å²) < 4.78 is 10.6. The van der Waals surface area contributed by atoms with Gasteiger partial charge in [0.05, 0.1) is 14.2 Å². The number of methoxy groups -OCH3 is 2. The van der Waals surface area contributed by atoms with E-state index in [1.165, 1.54) is 5.56 Å². The Hall–Kier alpha value is -2.49. The van der Waals surface area contributed by atoms with Gasteiger partial charge in [0.1, 0.15) is 17.1 Å². The van der Waals surface area contributed by atoms with Crippen LogP contribution in [0.25, 0.3) is 0 Å². The predicted octanol–water partition coefficient (Wildman–Crippen LogP) is 3.60. The molecule has 0 atom stereocenters. The number of ether oxygens (including phenoxy) is 2. The molecule has 4 heteroatoms. The standard InChI is InChI=1S/C18H21NO3/c1-12-9-10-14(11-13(12)2)19(3)18(20)17-15(21-4)7-6-8-16(17)22-5/h6-11H,1-5H3. The molecule has 0 aliphatic heterocycles. The van der Waals surface area contributed by atoms with Crippen LogP contribution in [0.4, 0.5) is 5.69 Å². The van der Waals surface area contributed by atoms with Gasteiger partial charge in [-0.15, -0.1) is 0 Å². The van der Waals surface area contributed by atoms with Crippen molar-refractivity contribution in [3.63, 3.8) is 0 Å². The van der Waals surface area contributed by atoms with E-state index in [0.717, 1.165) is 11.3 Å². The molecule has 0 aromatic heterocycles. The molecule has 0 heterocycles. The van der Waals surface area contributed by atoms with Crippen molar-refractivity contribution in [2.75, 3.05) is 26.2 Å². The third kappa shape index (κ3) is 2.91. The number of anilines is 1. The molecule has 116 valence electrons. The number of nitrogens with zero attached hydrogens (tertiary/aromatic N) is 1. The molecule has 0 saturated carbocycles. The molecule has 0 unspecified atom stereocenters. The van der Waals surface area contributed by atoms with Crippen LogP contribution in [0.2, 0.25) is 0 Å². The summed E-state index contributed by atoms with van der Waals surface area (Å²) in [5.74, 6) is 0.831. The summed E-state index contributed by atoms with van der Waals surface area (Å²) in [7, 11) is 4.83. The van der Waals surface area contributed by atoms with Crippen LogP contribution in [-0.2, 0) is 0 Å². The first kappa shape index (κ1) is 15.9. The van der Waals surface area contributed by atoms with Crippen LogP contribution in [0, 0.1) is 13.8 Å². The summed E-state index contributed by atoms with van der Waals surface area (Å²) in [6.07, 6.45) is 0. The first-order valence-electron chi connectivity index (χ1n) is 7.06. The second-order valence-corrected chi connectivity index (χ2v) is 5.17. The maximum atomic E-state index is 12.9. The number of benzene rings is 2. The van der Waals surface area contributed by atoms with Crippen molar-refractivity contribution >= 4 is 11.6 Å². The third-order valence-corrected chi connectivity index (χ3v) is 3.82. The van der Waals surface area contributed by atoms with Crippen molar-refractivity contribution in [2.24, 2.45) is 0 Å². The van der Waals surface area contributed by atoms with Gasteiger partial charge < -0.3 is 14.4 Å². The lowest BCUT2D eigenvalue weighted by Crippen LogP contribution is -2.27. The summed E-state index contributed by atoms with van der Waals surface area (Å²) in [4.78, 5) is 14.5. The van der Waals surface area contributed by atoms with Gasteiger partial charge in [-0.2, -0.15) is 0 Å². The fraction of sp³-hybridized carbons (Fsp3) is 0.278. The van der Waals surface area contributed by atoms with Crippen molar-refractivity contribution in [3.8, 4) is 11.5 Å². The second kappa shape index (κ2) is 6.52. The van der Waals surface area contributed by atoms with Crippen LogP contribution in [0.15, 0.2) is 36.4 Å². The van der Waals surface area contributed by atoms with Crippen molar-refractivity contribution in [3.05, 3.63) is 53.1 Å². The third-order valence-electron chi connectivity index (χ3n) is 3.82. The number of rotatable bonds is 4. The summed E-state index contributed by atoms with van der Waals surface area (Å²) in [5, 5.41) is 0. The first-order valence-corrected chi connectivity index (χ1v) is 7.06. The molecule has 0 N–H and O–H groups in total. The van der Waals surface area contributed by atoms with Crippen LogP contribution < -0.4 is 14.4 Å². The van der Waals surface area contributed by atoms with Gasteiger partial charge in [-0.1, -0.05) is 12.1 Å². The van der Waals surface area contributed by atoms with Crippen molar-refractivity contribution in [2.45, 2.75) is 13.8 Å². The molecule has 22 heavy (non-hydrogen) atoms. The lowest BCUT2D eigenvalue weighted by atomic mass is 10.1. The zero-order valence-corrected chi connectivity index (χ0v) is 13.6. The SMILES string of the molecule is COc1cccc(OC)c1C(=O)N(C)c1ccc(C)c(C)c1. The molecule has 0 radical (unpaired) electrons. The zero-order valence-electron chi connectivity index (χ0n) is 13.6. The molecule has 2 aromatic carbocycles. The van der Waals surface area contributed by atoms with E-state index in [4.69, 9.17) is 9.47 Å². The molecule has 2 rings (SSSR count). The highest BCUT2D eigenvalue weighted by molar-refractivity contribution is 6.09. The van der Waals surface area contributed by atoms with Gasteiger partial charge >= 0.3 is 0 Å². The normalized spacial score (nSPS) is 10.2. The monoisotopic (exact) mass is 299 g/mol. The van der Waals surface area contributed by atoms with E-state index >= 15 is 0 Å². The van der Waals surface area contributed by atoms with Gasteiger partial charge in [-0.3, -0.25) is 4.79 Å². The van der Waals surface area contributed by atoms with E-state index in [1.807, 2.05) is 32.0 Å². The molecular weight excluding hydrogens is 278 g/mol. The molecule has 1 amide bonds. The number of hydrogen-bond acceptors (Lipinski definition) is 3. The van der Waals surface area contributed by atoms with Gasteiger partial charge in [-0.25, -0.2) is 0 Å². The summed E-state index contributed by atoms with van der Waals surface area (Å²) in [6.45, 7) is 4.07. The maximum Gasteiger partial charge on any atom is 0.265 e. The molecule has 0 saturated heterocycles. The van der Waals surface area contributed by atoms with E-state index in [0.29, 0.717) is 17.1 Å². The summed E-state index contributed by atoms with van der Waals surface area (Å²) in [5.41, 5.74) is 3.60. The van der Waals surface area contributed by atoms with Crippen LogP contribution in [0.3, 0.4) is 0 Å². The quantitative estimate of drug-likeness (QED) is 0.866.